The van der Waals surface area contributed by atoms with Gasteiger partial charge in [-0.1, -0.05) is 100 Å². The zero-order chi connectivity index (χ0) is 23.5. The minimum absolute atomic E-state index is 0.0511. The van der Waals surface area contributed by atoms with Crippen molar-refractivity contribution in [2.24, 2.45) is 4.99 Å². The predicted octanol–water partition coefficient (Wildman–Crippen LogP) is 7.20. The van der Waals surface area contributed by atoms with Gasteiger partial charge in [-0.05, 0) is 43.5 Å². The average Bonchev–Trinajstić information content (AvgIpc) is 3.15. The molecular weight excluding hydrogens is 406 g/mol. The van der Waals surface area contributed by atoms with Crippen molar-refractivity contribution in [2.45, 2.75) is 72.1 Å². The van der Waals surface area contributed by atoms with Gasteiger partial charge >= 0.3 is 0 Å². The van der Waals surface area contributed by atoms with Gasteiger partial charge in [0.05, 0.1) is 5.69 Å². The number of aryl methyl sites for hydroxylation is 1. The fourth-order valence-electron chi connectivity index (χ4n) is 4.12. The molecule has 0 fully saturated rings. The first-order chi connectivity index (χ1) is 16.1. The van der Waals surface area contributed by atoms with Gasteiger partial charge in [-0.25, -0.2) is 9.89 Å². The van der Waals surface area contributed by atoms with Crippen molar-refractivity contribution in [3.63, 3.8) is 0 Å². The second kappa shape index (κ2) is 13.0. The van der Waals surface area contributed by atoms with Crippen molar-refractivity contribution in [2.75, 3.05) is 18.0 Å². The summed E-state index contributed by atoms with van der Waals surface area (Å²) in [4.78, 5) is 22.7. The summed E-state index contributed by atoms with van der Waals surface area (Å²) in [5.41, 5.74) is 3.56. The summed E-state index contributed by atoms with van der Waals surface area (Å²) < 4.78 is 0. The number of unbranched alkanes of at least 4 members (excludes halogenated alkanes) is 6. The number of hydrogen-bond donors (Lipinski definition) is 0. The Labute approximate surface area is 200 Å². The molecule has 33 heavy (non-hydrogen) atoms. The lowest BCUT2D eigenvalue weighted by Crippen LogP contribution is -2.45. The molecule has 0 spiro atoms. The molecule has 1 aliphatic heterocycles. The maximum absolute atomic E-state index is 13.6. The fourth-order valence-corrected chi connectivity index (χ4v) is 4.12. The highest BCUT2D eigenvalue weighted by Crippen LogP contribution is 2.27. The van der Waals surface area contributed by atoms with E-state index in [0.717, 1.165) is 43.1 Å². The van der Waals surface area contributed by atoms with Gasteiger partial charge in [0.15, 0.2) is 0 Å². The van der Waals surface area contributed by atoms with Crippen molar-refractivity contribution in [3.05, 3.63) is 71.4 Å². The van der Waals surface area contributed by atoms with Gasteiger partial charge in [-0.2, -0.15) is 0 Å². The molecule has 4 nitrogen and oxygen atoms in total. The van der Waals surface area contributed by atoms with Crippen molar-refractivity contribution in [1.82, 2.24) is 4.90 Å². The topological polar surface area (TPSA) is 35.9 Å². The Kier molecular flexibility index (Phi) is 9.74. The number of benzene rings is 2. The van der Waals surface area contributed by atoms with Crippen LogP contribution in [0.25, 0.3) is 6.08 Å². The molecule has 0 aromatic heterocycles. The minimum atomic E-state index is -0.0511. The Bertz CT molecular complexity index is 919. The van der Waals surface area contributed by atoms with Crippen LogP contribution in [-0.2, 0) is 4.79 Å². The van der Waals surface area contributed by atoms with Crippen LogP contribution in [0.5, 0.6) is 0 Å². The monoisotopic (exact) mass is 445 g/mol. The summed E-state index contributed by atoms with van der Waals surface area (Å²) in [5, 5.41) is 0. The molecule has 0 bridgehead atoms. The van der Waals surface area contributed by atoms with E-state index < -0.39 is 0 Å². The Hall–Kier alpha value is -2.88. The molecule has 3 rings (SSSR count). The number of carbonyl (C=O) groups is 1. The number of hydrogen-bond acceptors (Lipinski definition) is 3. The Morgan fingerprint density at radius 1 is 0.818 bits per heavy atom. The molecule has 1 aliphatic rings. The normalized spacial score (nSPS) is 14.8. The van der Waals surface area contributed by atoms with Crippen LogP contribution in [-0.4, -0.2) is 29.9 Å². The second-order valence-electron chi connectivity index (χ2n) is 8.94. The molecule has 1 amide bonds. The molecule has 2 aromatic carbocycles. The minimum Gasteiger partial charge on any atom is -0.342 e. The largest absolute Gasteiger partial charge is 0.342 e. The smallest absolute Gasteiger partial charge is 0.283 e. The first-order valence-corrected chi connectivity index (χ1v) is 12.7. The van der Waals surface area contributed by atoms with Crippen molar-refractivity contribution >= 4 is 23.6 Å². The lowest BCUT2D eigenvalue weighted by atomic mass is 10.1. The van der Waals surface area contributed by atoms with Gasteiger partial charge in [-0.15, -0.1) is 0 Å². The third-order valence-electron chi connectivity index (χ3n) is 6.08. The number of carbonyl (C=O) groups excluding carboxylic acids is 1. The maximum Gasteiger partial charge on any atom is 0.283 e. The van der Waals surface area contributed by atoms with Crippen LogP contribution in [0, 0.1) is 6.92 Å². The number of nitrogens with zero attached hydrogens (tertiary/aromatic N) is 3. The van der Waals surface area contributed by atoms with Crippen LogP contribution in [0.15, 0.2) is 65.3 Å². The Morgan fingerprint density at radius 3 is 2.00 bits per heavy atom. The lowest BCUT2D eigenvalue weighted by molar-refractivity contribution is -0.113. The molecule has 4 heteroatoms. The van der Waals surface area contributed by atoms with E-state index in [9.17, 15) is 4.79 Å². The second-order valence-corrected chi connectivity index (χ2v) is 8.94. The van der Waals surface area contributed by atoms with E-state index in [1.54, 1.807) is 0 Å². The van der Waals surface area contributed by atoms with E-state index in [2.05, 4.69) is 37.8 Å². The van der Waals surface area contributed by atoms with Crippen molar-refractivity contribution < 1.29 is 4.79 Å². The van der Waals surface area contributed by atoms with Crippen LogP contribution < -0.4 is 4.90 Å². The molecule has 0 aliphatic carbocycles. The molecule has 0 saturated heterocycles. The summed E-state index contributed by atoms with van der Waals surface area (Å²) in [6.07, 6.45) is 11.5. The van der Waals surface area contributed by atoms with Crippen LogP contribution in [0.3, 0.4) is 0 Å². The van der Waals surface area contributed by atoms with E-state index in [1.165, 1.54) is 44.1 Å². The third-order valence-corrected chi connectivity index (χ3v) is 6.08. The van der Waals surface area contributed by atoms with Gasteiger partial charge in [0.25, 0.3) is 5.91 Å². The molecular formula is C29H39N3O. The SMILES string of the molecule is CCCCCCN(CCCCCC)C1=NC(=Cc2ccccc2)C(=O)N1c1ccc(C)cc1. The van der Waals surface area contributed by atoms with Gasteiger partial charge in [0.2, 0.25) is 5.96 Å². The summed E-state index contributed by atoms with van der Waals surface area (Å²) in [6.45, 7) is 8.40. The maximum atomic E-state index is 13.6. The van der Waals surface area contributed by atoms with Crippen LogP contribution in [0.4, 0.5) is 5.69 Å². The quantitative estimate of drug-likeness (QED) is 0.256. The standard InChI is InChI=1S/C29H39N3O/c1-4-6-8-13-21-31(22-14-9-7-5-2)29-30-27(23-25-15-11-10-12-16-25)28(33)32(29)26-19-17-24(3)18-20-26/h10-12,15-20,23H,4-9,13-14,21-22H2,1-3H3. The van der Waals surface area contributed by atoms with Gasteiger partial charge in [-0.3, -0.25) is 4.79 Å². The summed E-state index contributed by atoms with van der Waals surface area (Å²) in [6, 6.07) is 18.2. The summed E-state index contributed by atoms with van der Waals surface area (Å²) >= 11 is 0. The van der Waals surface area contributed by atoms with Gasteiger partial charge in [0, 0.05) is 13.1 Å². The van der Waals surface area contributed by atoms with Gasteiger partial charge in [0.1, 0.15) is 5.70 Å². The highest BCUT2D eigenvalue weighted by molar-refractivity contribution is 6.28. The first-order valence-electron chi connectivity index (χ1n) is 12.7. The highest BCUT2D eigenvalue weighted by Gasteiger charge is 2.34. The number of amides is 1. The molecule has 176 valence electrons. The van der Waals surface area contributed by atoms with E-state index in [1.807, 2.05) is 53.4 Å². The molecule has 0 atom stereocenters. The van der Waals surface area contributed by atoms with E-state index >= 15 is 0 Å². The highest BCUT2D eigenvalue weighted by atomic mass is 16.2. The molecule has 1 heterocycles. The molecule has 0 N–H and O–H groups in total. The molecule has 2 aromatic rings. The van der Waals surface area contributed by atoms with Gasteiger partial charge < -0.3 is 4.90 Å². The fraction of sp³-hybridized carbons (Fsp3) is 0.448. The molecule has 0 radical (unpaired) electrons. The Balaban J connectivity index is 1.93. The van der Waals surface area contributed by atoms with Crippen LogP contribution in [0.1, 0.15) is 76.3 Å². The summed E-state index contributed by atoms with van der Waals surface area (Å²) in [7, 11) is 0. The zero-order valence-electron chi connectivity index (χ0n) is 20.6. The van der Waals surface area contributed by atoms with Crippen molar-refractivity contribution in [3.8, 4) is 0 Å². The van der Waals surface area contributed by atoms with Crippen molar-refractivity contribution in [1.29, 1.82) is 0 Å². The van der Waals surface area contributed by atoms with E-state index in [4.69, 9.17) is 4.99 Å². The number of rotatable bonds is 12. The third kappa shape index (κ3) is 7.05. The average molecular weight is 446 g/mol. The Morgan fingerprint density at radius 2 is 1.42 bits per heavy atom. The number of guanidine groups is 1. The lowest BCUT2D eigenvalue weighted by Gasteiger charge is -2.30. The number of anilines is 1. The van der Waals surface area contributed by atoms with E-state index in [-0.39, 0.29) is 5.91 Å². The van der Waals surface area contributed by atoms with E-state index in [0.29, 0.717) is 5.70 Å². The van der Waals surface area contributed by atoms with Crippen LogP contribution >= 0.6 is 0 Å². The molecule has 0 unspecified atom stereocenters. The molecule has 0 saturated carbocycles. The number of aliphatic imine (C=N–C) groups is 1. The first kappa shape index (κ1) is 24.8. The summed E-state index contributed by atoms with van der Waals surface area (Å²) in [5.74, 6) is 0.726. The predicted molar refractivity (Wildman–Crippen MR) is 140 cm³/mol. The van der Waals surface area contributed by atoms with Crippen LogP contribution in [0.2, 0.25) is 0 Å². The zero-order valence-corrected chi connectivity index (χ0v) is 20.6.